The molecular weight excluding hydrogens is 357 g/mol. The number of nitrogens with one attached hydrogen (secondary N) is 1. The standard InChI is InChI=1S/C15H15Cl2N3O2S/c1-20(7-13(22)19-15-18-2-3-23-15)14-10-4-8(16)5-11(17)9(10)6-12(14)21/h2-5,12,14,21H,6-7H2,1H3,(H,18,19,22)/t12-,14-/m1/s1. The van der Waals surface area contributed by atoms with Crippen molar-refractivity contribution in [2.24, 2.45) is 0 Å². The van der Waals surface area contributed by atoms with Gasteiger partial charge in [-0.25, -0.2) is 4.98 Å². The molecule has 3 rings (SSSR count). The second kappa shape index (κ2) is 6.75. The highest BCUT2D eigenvalue weighted by Gasteiger charge is 2.36. The zero-order valence-electron chi connectivity index (χ0n) is 12.3. The second-order valence-electron chi connectivity index (χ2n) is 5.47. The number of aliphatic hydroxyl groups excluding tert-OH is 1. The van der Waals surface area contributed by atoms with Crippen LogP contribution in [-0.4, -0.2) is 40.6 Å². The normalized spacial score (nSPS) is 19.9. The van der Waals surface area contributed by atoms with Crippen molar-refractivity contribution in [1.82, 2.24) is 9.88 Å². The Morgan fingerprint density at radius 2 is 2.30 bits per heavy atom. The van der Waals surface area contributed by atoms with Gasteiger partial charge in [0.05, 0.1) is 18.7 Å². The van der Waals surface area contributed by atoms with Crippen LogP contribution < -0.4 is 5.32 Å². The molecule has 2 atom stereocenters. The number of benzene rings is 1. The van der Waals surface area contributed by atoms with Gasteiger partial charge in [0, 0.05) is 28.0 Å². The van der Waals surface area contributed by atoms with Crippen LogP contribution in [0.15, 0.2) is 23.7 Å². The molecule has 1 aromatic carbocycles. The summed E-state index contributed by atoms with van der Waals surface area (Å²) in [6, 6.07) is 3.16. The minimum Gasteiger partial charge on any atom is -0.391 e. The van der Waals surface area contributed by atoms with Gasteiger partial charge in [-0.05, 0) is 30.3 Å². The predicted octanol–water partition coefficient (Wildman–Crippen LogP) is 2.98. The highest BCUT2D eigenvalue weighted by molar-refractivity contribution is 7.13. The number of anilines is 1. The van der Waals surface area contributed by atoms with E-state index in [-0.39, 0.29) is 18.5 Å². The van der Waals surface area contributed by atoms with Gasteiger partial charge in [-0.1, -0.05) is 23.2 Å². The fraction of sp³-hybridized carbons (Fsp3) is 0.333. The molecule has 1 aliphatic carbocycles. The van der Waals surface area contributed by atoms with Crippen molar-refractivity contribution in [3.63, 3.8) is 0 Å². The Labute approximate surface area is 147 Å². The smallest absolute Gasteiger partial charge is 0.240 e. The summed E-state index contributed by atoms with van der Waals surface area (Å²) in [5, 5.41) is 16.5. The molecule has 0 saturated heterocycles. The Balaban J connectivity index is 1.75. The minimum atomic E-state index is -0.626. The van der Waals surface area contributed by atoms with Crippen molar-refractivity contribution in [3.05, 3.63) is 44.9 Å². The van der Waals surface area contributed by atoms with Crippen LogP contribution in [0.3, 0.4) is 0 Å². The minimum absolute atomic E-state index is 0.130. The maximum atomic E-state index is 12.1. The number of hydrogen-bond acceptors (Lipinski definition) is 5. The Kier molecular flexibility index (Phi) is 4.89. The number of amides is 1. The number of halogens is 2. The molecule has 122 valence electrons. The van der Waals surface area contributed by atoms with E-state index in [1.54, 1.807) is 35.7 Å². The van der Waals surface area contributed by atoms with Crippen molar-refractivity contribution in [3.8, 4) is 0 Å². The van der Waals surface area contributed by atoms with Crippen LogP contribution in [0.2, 0.25) is 10.0 Å². The van der Waals surface area contributed by atoms with E-state index >= 15 is 0 Å². The summed E-state index contributed by atoms with van der Waals surface area (Å²) >= 11 is 13.6. The van der Waals surface area contributed by atoms with E-state index in [1.165, 1.54) is 11.3 Å². The molecule has 1 amide bonds. The SMILES string of the molecule is CN(CC(=O)Nc1nccs1)[C@@H]1c2cc(Cl)cc(Cl)c2C[C@H]1O. The van der Waals surface area contributed by atoms with Crippen LogP contribution in [0.25, 0.3) is 0 Å². The fourth-order valence-corrected chi connectivity index (χ4v) is 4.06. The Hall–Kier alpha value is -1.18. The first-order valence-corrected chi connectivity index (χ1v) is 8.64. The molecule has 8 heteroatoms. The van der Waals surface area contributed by atoms with E-state index in [1.807, 2.05) is 0 Å². The summed E-state index contributed by atoms with van der Waals surface area (Å²) in [7, 11) is 1.79. The molecule has 5 nitrogen and oxygen atoms in total. The van der Waals surface area contributed by atoms with Crippen molar-refractivity contribution in [2.75, 3.05) is 18.9 Å². The zero-order valence-corrected chi connectivity index (χ0v) is 14.6. The van der Waals surface area contributed by atoms with Crippen molar-refractivity contribution in [2.45, 2.75) is 18.6 Å². The van der Waals surface area contributed by atoms with E-state index in [0.29, 0.717) is 21.6 Å². The summed E-state index contributed by atoms with van der Waals surface area (Å²) < 4.78 is 0. The largest absolute Gasteiger partial charge is 0.391 e. The van der Waals surface area contributed by atoms with Gasteiger partial charge in [-0.2, -0.15) is 0 Å². The van der Waals surface area contributed by atoms with Crippen LogP contribution >= 0.6 is 34.5 Å². The molecule has 2 N–H and O–H groups in total. The average molecular weight is 372 g/mol. The number of thiazole rings is 1. The van der Waals surface area contributed by atoms with Gasteiger partial charge in [0.15, 0.2) is 5.13 Å². The summed E-state index contributed by atoms with van der Waals surface area (Å²) in [6.45, 7) is 0.130. The third kappa shape index (κ3) is 3.51. The Morgan fingerprint density at radius 1 is 1.52 bits per heavy atom. The lowest BCUT2D eigenvalue weighted by molar-refractivity contribution is -0.118. The van der Waals surface area contributed by atoms with Crippen molar-refractivity contribution >= 4 is 45.6 Å². The predicted molar refractivity (Wildman–Crippen MR) is 92.3 cm³/mol. The molecule has 0 aliphatic heterocycles. The van der Waals surface area contributed by atoms with Gasteiger partial charge in [-0.15, -0.1) is 11.3 Å². The fourth-order valence-electron chi connectivity index (χ4n) is 2.93. The lowest BCUT2D eigenvalue weighted by Gasteiger charge is -2.27. The van der Waals surface area contributed by atoms with Crippen LogP contribution in [0.5, 0.6) is 0 Å². The van der Waals surface area contributed by atoms with E-state index in [9.17, 15) is 9.90 Å². The molecule has 1 aromatic heterocycles. The number of nitrogens with zero attached hydrogens (tertiary/aromatic N) is 2. The highest BCUT2D eigenvalue weighted by Crippen LogP contribution is 2.40. The van der Waals surface area contributed by atoms with Crippen LogP contribution in [0, 0.1) is 0 Å². The van der Waals surface area contributed by atoms with Crippen molar-refractivity contribution < 1.29 is 9.90 Å². The molecule has 0 spiro atoms. The molecule has 0 bridgehead atoms. The first kappa shape index (κ1) is 16.7. The van der Waals surface area contributed by atoms with Gasteiger partial charge >= 0.3 is 0 Å². The second-order valence-corrected chi connectivity index (χ2v) is 7.21. The number of carbonyl (C=O) groups excluding carboxylic acids is 1. The van der Waals surface area contributed by atoms with Gasteiger partial charge in [0.2, 0.25) is 5.91 Å². The first-order valence-electron chi connectivity index (χ1n) is 7.01. The quantitative estimate of drug-likeness (QED) is 0.866. The number of aliphatic hydroxyl groups is 1. The molecule has 0 fully saturated rings. The molecule has 1 heterocycles. The third-order valence-electron chi connectivity index (χ3n) is 3.84. The maximum absolute atomic E-state index is 12.1. The van der Waals surface area contributed by atoms with E-state index in [4.69, 9.17) is 23.2 Å². The van der Waals surface area contributed by atoms with E-state index in [2.05, 4.69) is 10.3 Å². The lowest BCUT2D eigenvalue weighted by atomic mass is 10.1. The first-order chi connectivity index (χ1) is 11.0. The molecule has 0 radical (unpaired) electrons. The summed E-state index contributed by atoms with van der Waals surface area (Å²) in [5.74, 6) is -0.184. The van der Waals surface area contributed by atoms with Gasteiger partial charge in [0.25, 0.3) is 0 Å². The van der Waals surface area contributed by atoms with Crippen LogP contribution in [0.1, 0.15) is 17.2 Å². The van der Waals surface area contributed by atoms with Crippen LogP contribution in [0.4, 0.5) is 5.13 Å². The molecule has 0 unspecified atom stereocenters. The number of carbonyl (C=O) groups is 1. The zero-order chi connectivity index (χ0) is 16.6. The van der Waals surface area contributed by atoms with Crippen LogP contribution in [-0.2, 0) is 11.2 Å². The number of aromatic nitrogens is 1. The summed E-state index contributed by atoms with van der Waals surface area (Å²) in [5.41, 5.74) is 1.76. The number of likely N-dealkylation sites (N-methyl/N-ethyl adjacent to an activating group) is 1. The lowest BCUT2D eigenvalue weighted by Crippen LogP contribution is -2.37. The van der Waals surface area contributed by atoms with E-state index in [0.717, 1.165) is 11.1 Å². The number of hydrogen-bond donors (Lipinski definition) is 2. The Bertz CT molecular complexity index is 724. The number of rotatable bonds is 4. The molecule has 0 saturated carbocycles. The van der Waals surface area contributed by atoms with Gasteiger partial charge < -0.3 is 10.4 Å². The molecule has 23 heavy (non-hydrogen) atoms. The summed E-state index contributed by atoms with van der Waals surface area (Å²) in [4.78, 5) is 17.9. The van der Waals surface area contributed by atoms with Gasteiger partial charge in [0.1, 0.15) is 0 Å². The van der Waals surface area contributed by atoms with Gasteiger partial charge in [-0.3, -0.25) is 9.69 Å². The van der Waals surface area contributed by atoms with E-state index < -0.39 is 6.10 Å². The highest BCUT2D eigenvalue weighted by atomic mass is 35.5. The topological polar surface area (TPSA) is 65.5 Å². The summed E-state index contributed by atoms with van der Waals surface area (Å²) in [6.07, 6.45) is 1.46. The molecule has 1 aliphatic rings. The average Bonchev–Trinajstić information content (AvgIpc) is 3.05. The van der Waals surface area contributed by atoms with Crippen molar-refractivity contribution in [1.29, 1.82) is 0 Å². The Morgan fingerprint density at radius 3 is 3.00 bits per heavy atom. The third-order valence-corrected chi connectivity index (χ3v) is 5.08. The number of fused-ring (bicyclic) bond motifs is 1. The molecule has 2 aromatic rings. The maximum Gasteiger partial charge on any atom is 0.240 e. The monoisotopic (exact) mass is 371 g/mol. The molecular formula is C15H15Cl2N3O2S.